The molecule has 0 aliphatic rings. The van der Waals surface area contributed by atoms with Crippen LogP contribution < -0.4 is 10.6 Å². The highest BCUT2D eigenvalue weighted by atomic mass is 16.5. The van der Waals surface area contributed by atoms with Crippen molar-refractivity contribution in [1.82, 2.24) is 20.4 Å². The Balaban J connectivity index is 1.51. The maximum Gasteiger partial charge on any atom is 0.339 e. The summed E-state index contributed by atoms with van der Waals surface area (Å²) in [6.45, 7) is 5.47. The number of ether oxygens (including phenoxy) is 1. The highest BCUT2D eigenvalue weighted by molar-refractivity contribution is 5.96. The van der Waals surface area contributed by atoms with Crippen LogP contribution in [0, 0.1) is 13.8 Å². The summed E-state index contributed by atoms with van der Waals surface area (Å²) in [5, 5.41) is 9.19. The van der Waals surface area contributed by atoms with E-state index in [2.05, 4.69) is 25.8 Å². The van der Waals surface area contributed by atoms with Crippen molar-refractivity contribution >= 4 is 23.6 Å². The first-order valence-corrected chi connectivity index (χ1v) is 10.0. The van der Waals surface area contributed by atoms with Gasteiger partial charge in [0.05, 0.1) is 17.9 Å². The molecule has 1 aromatic carbocycles. The molecule has 2 N–H and O–H groups in total. The van der Waals surface area contributed by atoms with Gasteiger partial charge in [0.15, 0.2) is 0 Å². The molecular weight excluding hydrogens is 414 g/mol. The lowest BCUT2D eigenvalue weighted by Crippen LogP contribution is -2.27. The van der Waals surface area contributed by atoms with Crippen molar-refractivity contribution in [3.8, 4) is 11.4 Å². The molecule has 0 aliphatic heterocycles. The number of aryl methyl sites for hydroxylation is 2. The highest BCUT2D eigenvalue weighted by Gasteiger charge is 2.14. The van der Waals surface area contributed by atoms with Gasteiger partial charge in [0, 0.05) is 31.0 Å². The van der Waals surface area contributed by atoms with E-state index in [1.807, 2.05) is 0 Å². The van der Waals surface area contributed by atoms with Crippen LogP contribution in [0.2, 0.25) is 0 Å². The summed E-state index contributed by atoms with van der Waals surface area (Å²) in [6, 6.07) is 9.88. The summed E-state index contributed by atoms with van der Waals surface area (Å²) in [5.41, 5.74) is 1.86. The number of carbonyl (C=O) groups excluding carboxylic acids is 3. The molecule has 0 bridgehead atoms. The van der Waals surface area contributed by atoms with Gasteiger partial charge in [0.25, 0.3) is 5.91 Å². The average molecular weight is 437 g/mol. The zero-order valence-electron chi connectivity index (χ0n) is 18.0. The van der Waals surface area contributed by atoms with E-state index < -0.39 is 5.97 Å². The number of pyridine rings is 1. The Labute approximate surface area is 184 Å². The lowest BCUT2D eigenvalue weighted by molar-refractivity contribution is -0.116. The molecule has 166 valence electrons. The van der Waals surface area contributed by atoms with Gasteiger partial charge in [-0.25, -0.2) is 9.78 Å². The van der Waals surface area contributed by atoms with E-state index in [9.17, 15) is 14.4 Å². The number of rotatable bonds is 8. The Bertz CT molecular complexity index is 1140. The molecule has 2 amide bonds. The molecule has 0 aliphatic carbocycles. The second kappa shape index (κ2) is 10.3. The molecular formula is C22H23N5O5. The van der Waals surface area contributed by atoms with Crippen molar-refractivity contribution in [3.63, 3.8) is 0 Å². The molecule has 0 saturated heterocycles. The number of anilines is 1. The van der Waals surface area contributed by atoms with Crippen molar-refractivity contribution in [2.75, 3.05) is 18.5 Å². The van der Waals surface area contributed by atoms with Crippen LogP contribution >= 0.6 is 0 Å². The number of carbonyl (C=O) groups is 3. The molecule has 0 saturated carbocycles. The quantitative estimate of drug-likeness (QED) is 0.513. The molecule has 2 heterocycles. The predicted molar refractivity (Wildman–Crippen MR) is 115 cm³/mol. The first-order valence-electron chi connectivity index (χ1n) is 10.0. The first kappa shape index (κ1) is 22.6. The van der Waals surface area contributed by atoms with Gasteiger partial charge in [-0.2, -0.15) is 4.98 Å². The van der Waals surface area contributed by atoms with E-state index in [1.165, 1.54) is 6.07 Å². The van der Waals surface area contributed by atoms with E-state index in [4.69, 9.17) is 9.26 Å². The molecule has 10 heteroatoms. The Morgan fingerprint density at radius 1 is 1.09 bits per heavy atom. The van der Waals surface area contributed by atoms with Crippen molar-refractivity contribution < 1.29 is 23.6 Å². The largest absolute Gasteiger partial charge is 0.462 e. The number of hydrogen-bond donors (Lipinski definition) is 2. The van der Waals surface area contributed by atoms with Crippen LogP contribution in [-0.4, -0.2) is 46.1 Å². The predicted octanol–water partition coefficient (Wildman–Crippen LogP) is 2.68. The molecule has 10 nitrogen and oxygen atoms in total. The minimum Gasteiger partial charge on any atom is -0.462 e. The van der Waals surface area contributed by atoms with Crippen LogP contribution in [0.15, 0.2) is 40.9 Å². The van der Waals surface area contributed by atoms with Gasteiger partial charge in [-0.3, -0.25) is 9.59 Å². The van der Waals surface area contributed by atoms with Crippen LogP contribution in [0.25, 0.3) is 11.4 Å². The summed E-state index contributed by atoms with van der Waals surface area (Å²) < 4.78 is 9.92. The molecule has 2 aromatic heterocycles. The van der Waals surface area contributed by atoms with Crippen molar-refractivity contribution in [2.24, 2.45) is 0 Å². The van der Waals surface area contributed by atoms with Crippen molar-refractivity contribution in [3.05, 3.63) is 59.1 Å². The van der Waals surface area contributed by atoms with E-state index in [1.54, 1.807) is 51.1 Å². The number of nitrogens with one attached hydrogen (secondary N) is 2. The summed E-state index contributed by atoms with van der Waals surface area (Å²) in [7, 11) is 0. The molecule has 0 atom stereocenters. The van der Waals surface area contributed by atoms with Gasteiger partial charge in [0.2, 0.25) is 17.6 Å². The summed E-state index contributed by atoms with van der Waals surface area (Å²) in [4.78, 5) is 44.8. The minimum atomic E-state index is -0.461. The molecule has 0 fully saturated rings. The maximum absolute atomic E-state index is 12.4. The van der Waals surface area contributed by atoms with Crippen molar-refractivity contribution in [2.45, 2.75) is 27.2 Å². The third-order valence-corrected chi connectivity index (χ3v) is 4.40. The topological polar surface area (TPSA) is 136 Å². The second-order valence-corrected chi connectivity index (χ2v) is 6.82. The summed E-state index contributed by atoms with van der Waals surface area (Å²) in [6.07, 6.45) is 0.0514. The van der Waals surface area contributed by atoms with Gasteiger partial charge in [-0.1, -0.05) is 17.3 Å². The van der Waals surface area contributed by atoms with Crippen LogP contribution in [0.5, 0.6) is 0 Å². The second-order valence-electron chi connectivity index (χ2n) is 6.82. The number of benzene rings is 1. The number of nitrogens with zero attached hydrogens (tertiary/aromatic N) is 3. The van der Waals surface area contributed by atoms with Gasteiger partial charge in [-0.05, 0) is 38.1 Å². The van der Waals surface area contributed by atoms with Crippen LogP contribution in [0.3, 0.4) is 0 Å². The van der Waals surface area contributed by atoms with Crippen LogP contribution in [-0.2, 0) is 9.53 Å². The lowest BCUT2D eigenvalue weighted by atomic mass is 10.1. The Morgan fingerprint density at radius 3 is 2.59 bits per heavy atom. The van der Waals surface area contributed by atoms with Crippen LogP contribution in [0.4, 0.5) is 5.82 Å². The molecule has 0 spiro atoms. The van der Waals surface area contributed by atoms with E-state index in [0.29, 0.717) is 39.9 Å². The fourth-order valence-corrected chi connectivity index (χ4v) is 2.87. The number of esters is 1. The molecule has 3 aromatic rings. The molecule has 3 rings (SSSR count). The fourth-order valence-electron chi connectivity index (χ4n) is 2.87. The Morgan fingerprint density at radius 2 is 1.91 bits per heavy atom. The van der Waals surface area contributed by atoms with E-state index in [0.717, 1.165) is 0 Å². The van der Waals surface area contributed by atoms with Crippen molar-refractivity contribution in [1.29, 1.82) is 0 Å². The van der Waals surface area contributed by atoms with Gasteiger partial charge < -0.3 is 19.9 Å². The Hall–Kier alpha value is -4.08. The molecule has 0 radical (unpaired) electrons. The third kappa shape index (κ3) is 5.75. The number of hydrogen-bond acceptors (Lipinski definition) is 8. The smallest absolute Gasteiger partial charge is 0.339 e. The SMILES string of the molecule is CCOC(=O)c1ccc(NC(=O)CCNC(=O)c2cccc(-c3noc(C)n3)c2)nc1C. The van der Waals surface area contributed by atoms with Gasteiger partial charge in [-0.15, -0.1) is 0 Å². The number of aromatic nitrogens is 3. The maximum atomic E-state index is 12.4. The minimum absolute atomic E-state index is 0.0514. The lowest BCUT2D eigenvalue weighted by Gasteiger charge is -2.09. The zero-order valence-corrected chi connectivity index (χ0v) is 18.0. The third-order valence-electron chi connectivity index (χ3n) is 4.40. The highest BCUT2D eigenvalue weighted by Crippen LogP contribution is 2.17. The normalized spacial score (nSPS) is 10.5. The van der Waals surface area contributed by atoms with E-state index >= 15 is 0 Å². The fraction of sp³-hybridized carbons (Fsp3) is 0.273. The molecule has 0 unspecified atom stereocenters. The first-order chi connectivity index (χ1) is 15.4. The average Bonchev–Trinajstić information content (AvgIpc) is 3.20. The summed E-state index contributed by atoms with van der Waals surface area (Å²) in [5.74, 6) is 0.0331. The Kier molecular flexibility index (Phi) is 7.27. The molecule has 32 heavy (non-hydrogen) atoms. The van der Waals surface area contributed by atoms with Crippen LogP contribution in [0.1, 0.15) is 45.6 Å². The standard InChI is InChI=1S/C22H23N5O5/c1-4-31-22(30)17-8-9-18(24-13(17)2)26-19(28)10-11-23-21(29)16-7-5-6-15(12-16)20-25-14(3)32-27-20/h5-9,12H,4,10-11H2,1-3H3,(H,23,29)(H,24,26,28). The van der Waals surface area contributed by atoms with E-state index in [-0.39, 0.29) is 31.4 Å². The number of amides is 2. The monoisotopic (exact) mass is 437 g/mol. The van der Waals surface area contributed by atoms with Gasteiger partial charge >= 0.3 is 5.97 Å². The zero-order chi connectivity index (χ0) is 23.1. The summed E-state index contributed by atoms with van der Waals surface area (Å²) >= 11 is 0. The van der Waals surface area contributed by atoms with Gasteiger partial charge in [0.1, 0.15) is 5.82 Å².